The van der Waals surface area contributed by atoms with Crippen LogP contribution in [0.25, 0.3) is 0 Å². The molecule has 20 heavy (non-hydrogen) atoms. The van der Waals surface area contributed by atoms with Gasteiger partial charge in [0.05, 0.1) is 0 Å². The number of hydrogen-bond acceptors (Lipinski definition) is 0. The van der Waals surface area contributed by atoms with Crippen LogP contribution in [0, 0.1) is 0 Å². The highest BCUT2D eigenvalue weighted by atomic mass is 14.1. The summed E-state index contributed by atoms with van der Waals surface area (Å²) in [4.78, 5) is 0. The summed E-state index contributed by atoms with van der Waals surface area (Å²) in [5.41, 5.74) is 3.28. The summed E-state index contributed by atoms with van der Waals surface area (Å²) in [6.45, 7) is 0. The SMILES string of the molecule is C1=CCC(CCCCCCCCCCC2=CC=CC2)=C1. The molecule has 2 aliphatic rings. The first-order chi connectivity index (χ1) is 9.95. The van der Waals surface area contributed by atoms with Crippen molar-refractivity contribution in [3.8, 4) is 0 Å². The maximum Gasteiger partial charge on any atom is -0.0133 e. The van der Waals surface area contributed by atoms with Crippen LogP contribution in [-0.2, 0) is 0 Å². The highest BCUT2D eigenvalue weighted by Gasteiger charge is 2.00. The molecule has 0 nitrogen and oxygen atoms in total. The Morgan fingerprint density at radius 2 is 0.950 bits per heavy atom. The minimum absolute atomic E-state index is 1.21. The first kappa shape index (κ1) is 15.4. The third-order valence-corrected chi connectivity index (χ3v) is 4.44. The molecular formula is C20H30. The lowest BCUT2D eigenvalue weighted by Gasteiger charge is -2.04. The van der Waals surface area contributed by atoms with Crippen molar-refractivity contribution in [1.29, 1.82) is 0 Å². The Balaban J connectivity index is 1.30. The molecule has 0 unspecified atom stereocenters. The highest BCUT2D eigenvalue weighted by molar-refractivity contribution is 5.23. The van der Waals surface area contributed by atoms with Gasteiger partial charge in [-0.2, -0.15) is 0 Å². The van der Waals surface area contributed by atoms with Crippen molar-refractivity contribution in [2.24, 2.45) is 0 Å². The van der Waals surface area contributed by atoms with Crippen molar-refractivity contribution in [3.63, 3.8) is 0 Å². The summed E-state index contributed by atoms with van der Waals surface area (Å²) in [6.07, 6.45) is 30.1. The molecule has 0 atom stereocenters. The van der Waals surface area contributed by atoms with E-state index in [9.17, 15) is 0 Å². The Morgan fingerprint density at radius 1 is 0.550 bits per heavy atom. The predicted octanol–water partition coefficient (Wildman–Crippen LogP) is 6.66. The quantitative estimate of drug-likeness (QED) is 0.368. The molecule has 0 fully saturated rings. The van der Waals surface area contributed by atoms with Gasteiger partial charge in [-0.3, -0.25) is 0 Å². The van der Waals surface area contributed by atoms with E-state index in [1.165, 1.54) is 77.0 Å². The van der Waals surface area contributed by atoms with Gasteiger partial charge in [0.25, 0.3) is 0 Å². The van der Waals surface area contributed by atoms with Crippen LogP contribution < -0.4 is 0 Å². The Kier molecular flexibility index (Phi) is 7.52. The van der Waals surface area contributed by atoms with Gasteiger partial charge in [-0.05, 0) is 38.5 Å². The Labute approximate surface area is 125 Å². The van der Waals surface area contributed by atoms with E-state index in [1.54, 1.807) is 11.1 Å². The van der Waals surface area contributed by atoms with Gasteiger partial charge in [0.15, 0.2) is 0 Å². The van der Waals surface area contributed by atoms with Gasteiger partial charge in [-0.1, -0.05) is 86.1 Å². The molecular weight excluding hydrogens is 240 g/mol. The average molecular weight is 270 g/mol. The van der Waals surface area contributed by atoms with E-state index in [2.05, 4.69) is 36.5 Å². The van der Waals surface area contributed by atoms with Gasteiger partial charge >= 0.3 is 0 Å². The number of rotatable bonds is 11. The van der Waals surface area contributed by atoms with Crippen LogP contribution >= 0.6 is 0 Å². The Morgan fingerprint density at radius 3 is 1.30 bits per heavy atom. The first-order valence-corrected chi connectivity index (χ1v) is 8.64. The molecule has 0 amide bonds. The Bertz CT molecular complexity index is 341. The highest BCUT2D eigenvalue weighted by Crippen LogP contribution is 2.20. The van der Waals surface area contributed by atoms with Gasteiger partial charge in [0, 0.05) is 0 Å². The summed E-state index contributed by atoms with van der Waals surface area (Å²) >= 11 is 0. The van der Waals surface area contributed by atoms with E-state index in [0.29, 0.717) is 0 Å². The van der Waals surface area contributed by atoms with E-state index in [0.717, 1.165) is 0 Å². The molecule has 0 heterocycles. The molecule has 0 saturated heterocycles. The van der Waals surface area contributed by atoms with E-state index in [4.69, 9.17) is 0 Å². The topological polar surface area (TPSA) is 0 Å². The third-order valence-electron chi connectivity index (χ3n) is 4.44. The van der Waals surface area contributed by atoms with Crippen molar-refractivity contribution >= 4 is 0 Å². The third kappa shape index (κ3) is 6.41. The van der Waals surface area contributed by atoms with Crippen LogP contribution in [0.3, 0.4) is 0 Å². The first-order valence-electron chi connectivity index (χ1n) is 8.64. The lowest BCUT2D eigenvalue weighted by molar-refractivity contribution is 0.565. The summed E-state index contributed by atoms with van der Waals surface area (Å²) in [6, 6.07) is 0. The standard InChI is InChI=1S/C20H30/c1(3-5-7-13-19-15-9-10-16-19)2-4-6-8-14-20-17-11-12-18-20/h9-12,15,17H,1-8,13-14,16,18H2. The number of unbranched alkanes of at least 4 members (excludes halogenated alkanes) is 7. The minimum atomic E-state index is 1.21. The molecule has 0 aliphatic heterocycles. The molecule has 0 N–H and O–H groups in total. The van der Waals surface area contributed by atoms with Crippen molar-refractivity contribution < 1.29 is 0 Å². The van der Waals surface area contributed by atoms with Crippen molar-refractivity contribution in [1.82, 2.24) is 0 Å². The molecule has 0 bridgehead atoms. The molecule has 0 aromatic rings. The minimum Gasteiger partial charge on any atom is -0.0805 e. The Hall–Kier alpha value is -1.04. The van der Waals surface area contributed by atoms with Crippen LogP contribution in [-0.4, -0.2) is 0 Å². The molecule has 0 spiro atoms. The van der Waals surface area contributed by atoms with Gasteiger partial charge in [-0.25, -0.2) is 0 Å². The lowest BCUT2D eigenvalue weighted by Crippen LogP contribution is -1.84. The van der Waals surface area contributed by atoms with Crippen LogP contribution in [0.4, 0.5) is 0 Å². The van der Waals surface area contributed by atoms with Gasteiger partial charge in [0.1, 0.15) is 0 Å². The van der Waals surface area contributed by atoms with Crippen LogP contribution in [0.2, 0.25) is 0 Å². The predicted molar refractivity (Wildman–Crippen MR) is 89.9 cm³/mol. The molecule has 2 rings (SSSR count). The molecule has 2 aliphatic carbocycles. The van der Waals surface area contributed by atoms with Crippen LogP contribution in [0.1, 0.15) is 77.0 Å². The zero-order valence-electron chi connectivity index (χ0n) is 12.9. The van der Waals surface area contributed by atoms with E-state index in [-0.39, 0.29) is 0 Å². The van der Waals surface area contributed by atoms with Gasteiger partial charge < -0.3 is 0 Å². The summed E-state index contributed by atoms with van der Waals surface area (Å²) in [7, 11) is 0. The fraction of sp³-hybridized carbons (Fsp3) is 0.600. The van der Waals surface area contributed by atoms with Crippen LogP contribution in [0.5, 0.6) is 0 Å². The van der Waals surface area contributed by atoms with Gasteiger partial charge in [0.2, 0.25) is 0 Å². The van der Waals surface area contributed by atoms with E-state index < -0.39 is 0 Å². The molecule has 0 aromatic carbocycles. The van der Waals surface area contributed by atoms with Gasteiger partial charge in [-0.15, -0.1) is 0 Å². The number of hydrogen-bond donors (Lipinski definition) is 0. The average Bonchev–Trinajstić information content (AvgIpc) is 3.14. The normalized spacial score (nSPS) is 16.8. The van der Waals surface area contributed by atoms with Crippen LogP contribution in [0.15, 0.2) is 47.6 Å². The fourth-order valence-electron chi connectivity index (χ4n) is 3.12. The zero-order chi connectivity index (χ0) is 13.9. The van der Waals surface area contributed by atoms with E-state index >= 15 is 0 Å². The molecule has 0 aromatic heterocycles. The lowest BCUT2D eigenvalue weighted by atomic mass is 10.0. The summed E-state index contributed by atoms with van der Waals surface area (Å²) < 4.78 is 0. The van der Waals surface area contributed by atoms with E-state index in [1.807, 2.05) is 0 Å². The maximum absolute atomic E-state index is 2.30. The second-order valence-corrected chi connectivity index (χ2v) is 6.24. The van der Waals surface area contributed by atoms with Crippen molar-refractivity contribution in [3.05, 3.63) is 47.6 Å². The molecule has 110 valence electrons. The second-order valence-electron chi connectivity index (χ2n) is 6.24. The monoisotopic (exact) mass is 270 g/mol. The van der Waals surface area contributed by atoms with Crippen molar-refractivity contribution in [2.45, 2.75) is 77.0 Å². The molecule has 0 saturated carbocycles. The van der Waals surface area contributed by atoms with Crippen molar-refractivity contribution in [2.75, 3.05) is 0 Å². The molecule has 0 heteroatoms. The maximum atomic E-state index is 2.30. The molecule has 0 radical (unpaired) electrons. The number of allylic oxidation sites excluding steroid dienone is 8. The fourth-order valence-corrected chi connectivity index (χ4v) is 3.12. The second kappa shape index (κ2) is 9.80. The summed E-state index contributed by atoms with van der Waals surface area (Å²) in [5.74, 6) is 0. The smallest absolute Gasteiger partial charge is 0.0133 e. The largest absolute Gasteiger partial charge is 0.0805 e. The zero-order valence-corrected chi connectivity index (χ0v) is 12.9. The summed E-state index contributed by atoms with van der Waals surface area (Å²) in [5, 5.41) is 0.